The van der Waals surface area contributed by atoms with Crippen LogP contribution in [0.25, 0.3) is 0 Å². The molecule has 0 aromatic heterocycles. The van der Waals surface area contributed by atoms with E-state index < -0.39 is 15.9 Å². The molecule has 2 N–H and O–H groups in total. The van der Waals surface area contributed by atoms with Crippen LogP contribution in [0.15, 0.2) is 18.2 Å². The Kier molecular flexibility index (Phi) is 7.03. The normalized spacial score (nSPS) is 17.3. The van der Waals surface area contributed by atoms with Crippen molar-refractivity contribution in [2.45, 2.75) is 18.9 Å². The number of carbonyl (C=O) groups is 1. The number of benzene rings is 1. The van der Waals surface area contributed by atoms with Gasteiger partial charge < -0.3 is 19.5 Å². The zero-order valence-corrected chi connectivity index (χ0v) is 15.2. The fraction of sp³-hybridized carbons (Fsp3) is 0.562. The van der Waals surface area contributed by atoms with Gasteiger partial charge in [0.25, 0.3) is 5.91 Å². The van der Waals surface area contributed by atoms with E-state index in [2.05, 4.69) is 10.0 Å². The third-order valence-corrected chi connectivity index (χ3v) is 5.17. The van der Waals surface area contributed by atoms with Crippen molar-refractivity contribution in [2.24, 2.45) is 0 Å². The molecular weight excluding hydrogens is 348 g/mol. The molecule has 1 fully saturated rings. The summed E-state index contributed by atoms with van der Waals surface area (Å²) in [4.78, 5) is 12.2. The fourth-order valence-electron chi connectivity index (χ4n) is 2.44. The van der Waals surface area contributed by atoms with Crippen LogP contribution in [0.2, 0.25) is 0 Å². The summed E-state index contributed by atoms with van der Waals surface area (Å²) in [5, 5.41) is 2.59. The highest BCUT2D eigenvalue weighted by atomic mass is 32.2. The monoisotopic (exact) mass is 372 g/mol. The number of carbonyl (C=O) groups excluding carboxylic acids is 1. The number of nitrogens with one attached hydrogen (secondary N) is 2. The molecule has 2 rings (SSSR count). The average molecular weight is 372 g/mol. The molecule has 9 heteroatoms. The summed E-state index contributed by atoms with van der Waals surface area (Å²) in [6, 6.07) is 4.76. The molecule has 1 heterocycles. The third-order valence-electron chi connectivity index (χ3n) is 3.82. The smallest absolute Gasteiger partial charge is 0.251 e. The minimum atomic E-state index is -3.47. The lowest BCUT2D eigenvalue weighted by molar-refractivity contribution is 0.0955. The number of hydrogen-bond donors (Lipinski definition) is 2. The Labute approximate surface area is 147 Å². The van der Waals surface area contributed by atoms with Crippen LogP contribution in [0.1, 0.15) is 23.2 Å². The Hall–Kier alpha value is -1.84. The summed E-state index contributed by atoms with van der Waals surface area (Å²) in [5.41, 5.74) is 0.334. The predicted octanol–water partition coefficient (Wildman–Crippen LogP) is 0.532. The summed E-state index contributed by atoms with van der Waals surface area (Å²) < 4.78 is 42.0. The van der Waals surface area contributed by atoms with E-state index in [0.29, 0.717) is 23.7 Å². The van der Waals surface area contributed by atoms with Crippen LogP contribution in [0.5, 0.6) is 11.5 Å². The van der Waals surface area contributed by atoms with Crippen molar-refractivity contribution >= 4 is 15.9 Å². The zero-order chi connectivity index (χ0) is 18.3. The van der Waals surface area contributed by atoms with Gasteiger partial charge in [0, 0.05) is 31.3 Å². The van der Waals surface area contributed by atoms with Crippen LogP contribution in [0, 0.1) is 0 Å². The quantitative estimate of drug-likeness (QED) is 0.656. The van der Waals surface area contributed by atoms with Crippen LogP contribution in [0.3, 0.4) is 0 Å². The van der Waals surface area contributed by atoms with Gasteiger partial charge in [-0.3, -0.25) is 4.79 Å². The molecule has 25 heavy (non-hydrogen) atoms. The van der Waals surface area contributed by atoms with E-state index in [0.717, 1.165) is 12.8 Å². The molecule has 1 aliphatic heterocycles. The lowest BCUT2D eigenvalue weighted by Gasteiger charge is -2.12. The van der Waals surface area contributed by atoms with Crippen molar-refractivity contribution in [1.29, 1.82) is 0 Å². The highest BCUT2D eigenvalue weighted by Gasteiger charge is 2.19. The molecule has 1 aliphatic rings. The second kappa shape index (κ2) is 9.02. The zero-order valence-electron chi connectivity index (χ0n) is 14.4. The van der Waals surface area contributed by atoms with Gasteiger partial charge in [-0.1, -0.05) is 0 Å². The fourth-order valence-corrected chi connectivity index (χ4v) is 3.39. The Morgan fingerprint density at radius 3 is 2.48 bits per heavy atom. The van der Waals surface area contributed by atoms with Crippen LogP contribution in [-0.4, -0.2) is 60.1 Å². The van der Waals surface area contributed by atoms with Crippen molar-refractivity contribution in [2.75, 3.05) is 39.7 Å². The minimum Gasteiger partial charge on any atom is -0.497 e. The molecule has 1 atom stereocenters. The molecule has 0 bridgehead atoms. The first-order chi connectivity index (χ1) is 11.9. The largest absolute Gasteiger partial charge is 0.497 e. The van der Waals surface area contributed by atoms with Crippen molar-refractivity contribution in [1.82, 2.24) is 10.0 Å². The average Bonchev–Trinajstić information content (AvgIpc) is 3.13. The van der Waals surface area contributed by atoms with E-state index in [9.17, 15) is 13.2 Å². The Morgan fingerprint density at radius 1 is 1.24 bits per heavy atom. The van der Waals surface area contributed by atoms with Crippen molar-refractivity contribution in [3.63, 3.8) is 0 Å². The Morgan fingerprint density at radius 2 is 1.92 bits per heavy atom. The van der Waals surface area contributed by atoms with E-state index in [1.807, 2.05) is 0 Å². The van der Waals surface area contributed by atoms with Crippen molar-refractivity contribution in [3.05, 3.63) is 23.8 Å². The second-order valence-corrected chi connectivity index (χ2v) is 7.59. The van der Waals surface area contributed by atoms with Gasteiger partial charge in [0.05, 0.1) is 26.1 Å². The van der Waals surface area contributed by atoms with Crippen LogP contribution < -0.4 is 19.5 Å². The number of ether oxygens (including phenoxy) is 3. The number of rotatable bonds is 9. The van der Waals surface area contributed by atoms with Crippen molar-refractivity contribution < 1.29 is 27.4 Å². The SMILES string of the molecule is COc1cc(OC)cc(C(=O)NCCS(=O)(=O)NC[C@@H]2CCCO2)c1. The van der Waals surface area contributed by atoms with Crippen LogP contribution in [-0.2, 0) is 14.8 Å². The summed E-state index contributed by atoms with van der Waals surface area (Å²) >= 11 is 0. The Bertz CT molecular complexity index is 664. The highest BCUT2D eigenvalue weighted by Crippen LogP contribution is 2.22. The maximum Gasteiger partial charge on any atom is 0.251 e. The first-order valence-electron chi connectivity index (χ1n) is 8.04. The first kappa shape index (κ1) is 19.5. The van der Waals surface area contributed by atoms with Crippen molar-refractivity contribution in [3.8, 4) is 11.5 Å². The summed E-state index contributed by atoms with van der Waals surface area (Å²) in [7, 11) is -0.489. The topological polar surface area (TPSA) is 103 Å². The molecule has 0 radical (unpaired) electrons. The number of amides is 1. The molecule has 1 saturated heterocycles. The molecule has 140 valence electrons. The van der Waals surface area contributed by atoms with E-state index in [4.69, 9.17) is 14.2 Å². The summed E-state index contributed by atoms with van der Waals surface area (Å²) in [6.45, 7) is 0.940. The van der Waals surface area contributed by atoms with Crippen LogP contribution in [0.4, 0.5) is 0 Å². The lowest BCUT2D eigenvalue weighted by Crippen LogP contribution is -2.37. The second-order valence-electron chi connectivity index (χ2n) is 5.66. The Balaban J connectivity index is 1.82. The predicted molar refractivity (Wildman–Crippen MR) is 92.6 cm³/mol. The van der Waals surface area contributed by atoms with E-state index in [1.165, 1.54) is 14.2 Å². The lowest BCUT2D eigenvalue weighted by atomic mass is 10.2. The standard InChI is InChI=1S/C16H24N2O6S/c1-22-14-8-12(9-15(10-14)23-2)16(19)17-5-7-25(20,21)18-11-13-4-3-6-24-13/h8-10,13,18H,3-7,11H2,1-2H3,(H,17,19)/t13-/m0/s1. The molecule has 0 saturated carbocycles. The van der Waals surface area contributed by atoms with E-state index in [-0.39, 0.29) is 24.9 Å². The van der Waals surface area contributed by atoms with Gasteiger partial charge in [0.1, 0.15) is 11.5 Å². The van der Waals surface area contributed by atoms with E-state index >= 15 is 0 Å². The molecule has 1 aromatic rings. The molecule has 0 spiro atoms. The van der Waals surface area contributed by atoms with Gasteiger partial charge in [-0.15, -0.1) is 0 Å². The van der Waals surface area contributed by atoms with Gasteiger partial charge in [0.2, 0.25) is 10.0 Å². The molecule has 1 amide bonds. The summed E-state index contributed by atoms with van der Waals surface area (Å²) in [6.07, 6.45) is 1.75. The molecule has 8 nitrogen and oxygen atoms in total. The van der Waals surface area contributed by atoms with Gasteiger partial charge >= 0.3 is 0 Å². The maximum absolute atomic E-state index is 12.2. The first-order valence-corrected chi connectivity index (χ1v) is 9.69. The minimum absolute atomic E-state index is 0.000778. The molecule has 0 unspecified atom stereocenters. The molecule has 0 aliphatic carbocycles. The molecular formula is C16H24N2O6S. The van der Waals surface area contributed by atoms with Gasteiger partial charge in [0.15, 0.2) is 0 Å². The highest BCUT2D eigenvalue weighted by molar-refractivity contribution is 7.89. The number of hydrogen-bond acceptors (Lipinski definition) is 6. The summed E-state index contributed by atoms with van der Waals surface area (Å²) in [5.74, 6) is 0.365. The number of sulfonamides is 1. The van der Waals surface area contributed by atoms with Crippen LogP contribution >= 0.6 is 0 Å². The van der Waals surface area contributed by atoms with Gasteiger partial charge in [-0.05, 0) is 25.0 Å². The van der Waals surface area contributed by atoms with Gasteiger partial charge in [-0.2, -0.15) is 0 Å². The van der Waals surface area contributed by atoms with E-state index in [1.54, 1.807) is 18.2 Å². The third kappa shape index (κ3) is 6.18. The number of methoxy groups -OCH3 is 2. The van der Waals surface area contributed by atoms with Gasteiger partial charge in [-0.25, -0.2) is 13.1 Å². The maximum atomic E-state index is 12.2. The molecule has 1 aromatic carbocycles.